The topological polar surface area (TPSA) is 59.8 Å². The van der Waals surface area contributed by atoms with E-state index in [1.807, 2.05) is 31.2 Å². The third-order valence-corrected chi connectivity index (χ3v) is 3.30. The first-order valence-corrected chi connectivity index (χ1v) is 6.07. The molecule has 0 aliphatic rings. The Morgan fingerprint density at radius 1 is 1.35 bits per heavy atom. The Hall–Kier alpha value is -1.82. The number of carbonyl (C=O) groups excluding carboxylic acids is 1. The van der Waals surface area contributed by atoms with E-state index in [1.54, 1.807) is 0 Å². The van der Waals surface area contributed by atoms with Crippen LogP contribution in [0.3, 0.4) is 0 Å². The van der Waals surface area contributed by atoms with E-state index in [2.05, 4.69) is 15.6 Å². The van der Waals surface area contributed by atoms with Crippen LogP contribution in [0, 0.1) is 6.92 Å². The summed E-state index contributed by atoms with van der Waals surface area (Å²) in [5, 5.41) is 7.20. The van der Waals surface area contributed by atoms with Crippen molar-refractivity contribution in [1.82, 2.24) is 14.9 Å². The van der Waals surface area contributed by atoms with Crippen molar-refractivity contribution in [2.24, 2.45) is 0 Å². The molecular formula is C11H12N4OS. The lowest BCUT2D eigenvalue weighted by atomic mass is 10.2. The van der Waals surface area contributed by atoms with Gasteiger partial charge in [0.05, 0.1) is 5.75 Å². The minimum atomic E-state index is -0.0851. The fraction of sp³-hybridized carbons (Fsp3) is 0.182. The fourth-order valence-electron chi connectivity index (χ4n) is 1.30. The lowest BCUT2D eigenvalue weighted by Crippen LogP contribution is -2.23. The molecule has 0 unspecified atom stereocenters. The van der Waals surface area contributed by atoms with Crippen LogP contribution in [0.25, 0.3) is 0 Å². The summed E-state index contributed by atoms with van der Waals surface area (Å²) in [5.41, 5.74) is 3.82. The Balaban J connectivity index is 1.86. The van der Waals surface area contributed by atoms with Crippen molar-refractivity contribution >= 4 is 17.7 Å². The SMILES string of the molecule is Cc1ccccc1SCC(=O)Nn1cnnc1. The predicted molar refractivity (Wildman–Crippen MR) is 66.3 cm³/mol. The third kappa shape index (κ3) is 3.32. The Labute approximate surface area is 103 Å². The first kappa shape index (κ1) is 11.7. The molecule has 2 aromatic rings. The highest BCUT2D eigenvalue weighted by Crippen LogP contribution is 2.21. The van der Waals surface area contributed by atoms with E-state index in [1.165, 1.54) is 34.7 Å². The van der Waals surface area contributed by atoms with Crippen LogP contribution in [0.5, 0.6) is 0 Å². The molecule has 0 saturated heterocycles. The van der Waals surface area contributed by atoms with Crippen LogP contribution in [0.15, 0.2) is 41.8 Å². The van der Waals surface area contributed by atoms with Gasteiger partial charge in [-0.05, 0) is 18.6 Å². The smallest absolute Gasteiger partial charge is 0.249 e. The highest BCUT2D eigenvalue weighted by molar-refractivity contribution is 8.00. The molecule has 17 heavy (non-hydrogen) atoms. The molecule has 0 atom stereocenters. The summed E-state index contributed by atoms with van der Waals surface area (Å²) in [6.07, 6.45) is 2.88. The zero-order valence-corrected chi connectivity index (χ0v) is 10.1. The zero-order chi connectivity index (χ0) is 12.1. The van der Waals surface area contributed by atoms with Crippen LogP contribution in [0.2, 0.25) is 0 Å². The Morgan fingerprint density at radius 2 is 2.06 bits per heavy atom. The number of aryl methyl sites for hydroxylation is 1. The molecule has 0 aliphatic heterocycles. The molecule has 0 radical (unpaired) electrons. The monoisotopic (exact) mass is 248 g/mol. The molecule has 0 fully saturated rings. The molecule has 0 bridgehead atoms. The number of amides is 1. The van der Waals surface area contributed by atoms with Gasteiger partial charge in [-0.25, -0.2) is 4.68 Å². The van der Waals surface area contributed by atoms with Crippen LogP contribution >= 0.6 is 11.8 Å². The van der Waals surface area contributed by atoms with Gasteiger partial charge in [0, 0.05) is 4.90 Å². The van der Waals surface area contributed by atoms with E-state index in [9.17, 15) is 4.79 Å². The maximum Gasteiger partial charge on any atom is 0.249 e. The fourth-order valence-corrected chi connectivity index (χ4v) is 2.12. The second kappa shape index (κ2) is 5.49. The van der Waals surface area contributed by atoms with Crippen LogP contribution in [0.4, 0.5) is 0 Å². The molecule has 1 aromatic carbocycles. The van der Waals surface area contributed by atoms with Crippen molar-refractivity contribution in [3.8, 4) is 0 Å². The average Bonchev–Trinajstić information content (AvgIpc) is 2.81. The lowest BCUT2D eigenvalue weighted by Gasteiger charge is -2.06. The van der Waals surface area contributed by atoms with Gasteiger partial charge in [-0.1, -0.05) is 18.2 Å². The number of hydrogen-bond acceptors (Lipinski definition) is 4. The summed E-state index contributed by atoms with van der Waals surface area (Å²) in [6.45, 7) is 2.03. The average molecular weight is 248 g/mol. The van der Waals surface area contributed by atoms with Gasteiger partial charge in [0.2, 0.25) is 5.91 Å². The molecule has 2 rings (SSSR count). The second-order valence-electron chi connectivity index (χ2n) is 3.46. The molecule has 1 N–H and O–H groups in total. The summed E-state index contributed by atoms with van der Waals surface area (Å²) in [5.74, 6) is 0.279. The Bertz CT molecular complexity index is 498. The minimum absolute atomic E-state index is 0.0851. The lowest BCUT2D eigenvalue weighted by molar-refractivity contribution is -0.114. The van der Waals surface area contributed by atoms with E-state index < -0.39 is 0 Å². The highest BCUT2D eigenvalue weighted by Gasteiger charge is 2.04. The van der Waals surface area contributed by atoms with Crippen LogP contribution in [-0.2, 0) is 4.79 Å². The number of thioether (sulfide) groups is 1. The number of hydrogen-bond donors (Lipinski definition) is 1. The quantitative estimate of drug-likeness (QED) is 0.832. The molecule has 5 nitrogen and oxygen atoms in total. The first-order valence-electron chi connectivity index (χ1n) is 5.08. The Morgan fingerprint density at radius 3 is 2.76 bits per heavy atom. The van der Waals surface area contributed by atoms with Gasteiger partial charge < -0.3 is 0 Å². The predicted octanol–water partition coefficient (Wildman–Crippen LogP) is 1.45. The van der Waals surface area contributed by atoms with Gasteiger partial charge >= 0.3 is 0 Å². The largest absolute Gasteiger partial charge is 0.272 e. The van der Waals surface area contributed by atoms with Gasteiger partial charge in [0.25, 0.3) is 0 Å². The summed E-state index contributed by atoms with van der Waals surface area (Å²) in [7, 11) is 0. The molecular weight excluding hydrogens is 236 g/mol. The normalized spacial score (nSPS) is 10.2. The standard InChI is InChI=1S/C11H12N4OS/c1-9-4-2-3-5-10(9)17-6-11(16)14-15-7-12-13-8-15/h2-5,7-8H,6H2,1H3,(H,14,16). The summed E-state index contributed by atoms with van der Waals surface area (Å²) in [6, 6.07) is 7.98. The molecule has 0 aliphatic carbocycles. The summed E-state index contributed by atoms with van der Waals surface area (Å²) >= 11 is 1.51. The van der Waals surface area contributed by atoms with Gasteiger partial charge in [0.15, 0.2) is 0 Å². The third-order valence-electron chi connectivity index (χ3n) is 2.12. The number of benzene rings is 1. The Kier molecular flexibility index (Phi) is 3.77. The maximum atomic E-state index is 11.6. The van der Waals surface area contributed by atoms with Crippen LogP contribution in [0.1, 0.15) is 5.56 Å². The molecule has 1 amide bonds. The molecule has 1 heterocycles. The van der Waals surface area contributed by atoms with Crippen molar-refractivity contribution in [1.29, 1.82) is 0 Å². The van der Waals surface area contributed by atoms with Crippen LogP contribution in [-0.4, -0.2) is 26.5 Å². The molecule has 1 aromatic heterocycles. The number of nitrogens with one attached hydrogen (secondary N) is 1. The van der Waals surface area contributed by atoms with E-state index in [-0.39, 0.29) is 5.91 Å². The van der Waals surface area contributed by atoms with Crippen molar-refractivity contribution < 1.29 is 4.79 Å². The van der Waals surface area contributed by atoms with E-state index >= 15 is 0 Å². The van der Waals surface area contributed by atoms with Crippen LogP contribution < -0.4 is 5.43 Å². The van der Waals surface area contributed by atoms with Crippen molar-refractivity contribution in [3.63, 3.8) is 0 Å². The van der Waals surface area contributed by atoms with Gasteiger partial charge in [-0.15, -0.1) is 22.0 Å². The maximum absolute atomic E-state index is 11.6. The molecule has 6 heteroatoms. The number of aromatic nitrogens is 3. The number of rotatable bonds is 4. The van der Waals surface area contributed by atoms with Gasteiger partial charge in [-0.3, -0.25) is 10.2 Å². The van der Waals surface area contributed by atoms with Crippen molar-refractivity contribution in [2.45, 2.75) is 11.8 Å². The number of carbonyl (C=O) groups is 1. The molecule has 0 spiro atoms. The van der Waals surface area contributed by atoms with Crippen molar-refractivity contribution in [3.05, 3.63) is 42.5 Å². The van der Waals surface area contributed by atoms with E-state index in [0.717, 1.165) is 4.90 Å². The van der Waals surface area contributed by atoms with Gasteiger partial charge in [0.1, 0.15) is 12.7 Å². The zero-order valence-electron chi connectivity index (χ0n) is 9.33. The minimum Gasteiger partial charge on any atom is -0.272 e. The summed E-state index contributed by atoms with van der Waals surface area (Å²) in [4.78, 5) is 12.7. The molecule has 88 valence electrons. The molecule has 0 saturated carbocycles. The second-order valence-corrected chi connectivity index (χ2v) is 4.48. The summed E-state index contributed by atoms with van der Waals surface area (Å²) < 4.78 is 1.43. The number of nitrogens with zero attached hydrogens (tertiary/aromatic N) is 3. The highest BCUT2D eigenvalue weighted by atomic mass is 32.2. The van der Waals surface area contributed by atoms with E-state index in [0.29, 0.717) is 5.75 Å². The first-order chi connectivity index (χ1) is 8.25. The van der Waals surface area contributed by atoms with Crippen molar-refractivity contribution in [2.75, 3.05) is 11.2 Å². The van der Waals surface area contributed by atoms with E-state index in [4.69, 9.17) is 0 Å². The van der Waals surface area contributed by atoms with Gasteiger partial charge in [-0.2, -0.15) is 0 Å².